The fourth-order valence-corrected chi connectivity index (χ4v) is 0.945. The maximum Gasteiger partial charge on any atom is 0.223 e. The van der Waals surface area contributed by atoms with E-state index in [-0.39, 0.29) is 0 Å². The minimum atomic E-state index is 0.591. The Morgan fingerprint density at radius 3 is 3.18 bits per heavy atom. The molecule has 5 nitrogen and oxygen atoms in total. The summed E-state index contributed by atoms with van der Waals surface area (Å²) in [5, 5.41) is 0. The number of hydrazine groups is 1. The second-order valence-corrected chi connectivity index (χ2v) is 2.07. The van der Waals surface area contributed by atoms with Crippen molar-refractivity contribution in [2.45, 2.75) is 0 Å². The zero-order valence-electron chi connectivity index (χ0n) is 5.73. The highest BCUT2D eigenvalue weighted by atomic mass is 15.3. The van der Waals surface area contributed by atoms with Gasteiger partial charge in [0.15, 0.2) is 5.65 Å². The summed E-state index contributed by atoms with van der Waals surface area (Å²) in [5.74, 6) is 5.79. The molecule has 2 heterocycles. The lowest BCUT2D eigenvalue weighted by atomic mass is 10.6. The van der Waals surface area contributed by atoms with Crippen LogP contribution in [0.25, 0.3) is 5.65 Å². The average molecular weight is 149 g/mol. The highest BCUT2D eigenvalue weighted by Gasteiger charge is 1.98. The second-order valence-electron chi connectivity index (χ2n) is 2.07. The van der Waals surface area contributed by atoms with Crippen LogP contribution >= 0.6 is 0 Å². The minimum absolute atomic E-state index is 0.591. The maximum atomic E-state index is 5.20. The van der Waals surface area contributed by atoms with Gasteiger partial charge in [0, 0.05) is 12.4 Å². The predicted molar refractivity (Wildman–Crippen MR) is 40.8 cm³/mol. The molecule has 2 rings (SSSR count). The Morgan fingerprint density at radius 1 is 1.45 bits per heavy atom. The summed E-state index contributed by atoms with van der Waals surface area (Å²) in [6.07, 6.45) is 5.19. The van der Waals surface area contributed by atoms with Crippen LogP contribution in [-0.4, -0.2) is 14.4 Å². The molecule has 0 aliphatic rings. The van der Waals surface area contributed by atoms with Gasteiger partial charge in [0.1, 0.15) is 0 Å². The first-order valence-corrected chi connectivity index (χ1v) is 3.16. The Kier molecular flexibility index (Phi) is 1.23. The number of imidazole rings is 1. The zero-order chi connectivity index (χ0) is 7.68. The number of hydrogen-bond donors (Lipinski definition) is 2. The fraction of sp³-hybridized carbons (Fsp3) is 0. The van der Waals surface area contributed by atoms with Gasteiger partial charge in [0.05, 0.1) is 6.20 Å². The standard InChI is InChI=1S/C6H7N5/c7-10-6-9-4-5-8-2-1-3-11(5)6/h1-4H,7H2,(H,9,10). The van der Waals surface area contributed by atoms with Gasteiger partial charge < -0.3 is 0 Å². The monoisotopic (exact) mass is 149 g/mol. The number of aromatic nitrogens is 3. The lowest BCUT2D eigenvalue weighted by Gasteiger charge is -1.96. The SMILES string of the molecule is NNc1ncc2ncccn12. The van der Waals surface area contributed by atoms with Crippen molar-refractivity contribution in [3.8, 4) is 0 Å². The van der Waals surface area contributed by atoms with E-state index in [1.165, 1.54) is 0 Å². The Labute approximate surface area is 62.8 Å². The quantitative estimate of drug-likeness (QED) is 0.443. The van der Waals surface area contributed by atoms with Crippen LogP contribution in [0.15, 0.2) is 24.7 Å². The third-order valence-corrected chi connectivity index (χ3v) is 1.43. The van der Waals surface area contributed by atoms with Gasteiger partial charge in [-0.2, -0.15) is 0 Å². The minimum Gasteiger partial charge on any atom is -0.293 e. The molecule has 0 saturated heterocycles. The number of nitrogens with two attached hydrogens (primary N) is 1. The number of hydrogen-bond acceptors (Lipinski definition) is 4. The largest absolute Gasteiger partial charge is 0.293 e. The smallest absolute Gasteiger partial charge is 0.223 e. The molecule has 0 atom stereocenters. The van der Waals surface area contributed by atoms with Crippen LogP contribution in [-0.2, 0) is 0 Å². The number of fused-ring (bicyclic) bond motifs is 1. The molecule has 0 radical (unpaired) electrons. The summed E-state index contributed by atoms with van der Waals surface area (Å²) in [6.45, 7) is 0. The van der Waals surface area contributed by atoms with E-state index in [9.17, 15) is 0 Å². The van der Waals surface area contributed by atoms with Crippen molar-refractivity contribution >= 4 is 11.6 Å². The summed E-state index contributed by atoms with van der Waals surface area (Å²) in [5.41, 5.74) is 3.24. The highest BCUT2D eigenvalue weighted by molar-refractivity contribution is 5.44. The normalized spacial score (nSPS) is 10.3. The first kappa shape index (κ1) is 6.11. The van der Waals surface area contributed by atoms with Crippen molar-refractivity contribution in [1.29, 1.82) is 0 Å². The Bertz CT molecular complexity index is 366. The molecule has 0 aliphatic carbocycles. The van der Waals surface area contributed by atoms with Gasteiger partial charge in [-0.25, -0.2) is 15.8 Å². The van der Waals surface area contributed by atoms with Gasteiger partial charge in [-0.3, -0.25) is 9.83 Å². The number of anilines is 1. The van der Waals surface area contributed by atoms with Gasteiger partial charge in [0.2, 0.25) is 5.95 Å². The van der Waals surface area contributed by atoms with Crippen molar-refractivity contribution in [2.75, 3.05) is 5.43 Å². The van der Waals surface area contributed by atoms with E-state index in [2.05, 4.69) is 15.4 Å². The van der Waals surface area contributed by atoms with E-state index < -0.39 is 0 Å². The molecule has 0 spiro atoms. The molecule has 0 saturated carbocycles. The highest BCUT2D eigenvalue weighted by Crippen LogP contribution is 2.05. The number of rotatable bonds is 1. The summed E-state index contributed by atoms with van der Waals surface area (Å²) >= 11 is 0. The summed E-state index contributed by atoms with van der Waals surface area (Å²) in [4.78, 5) is 8.03. The molecular weight excluding hydrogens is 142 g/mol. The van der Waals surface area contributed by atoms with Crippen molar-refractivity contribution in [1.82, 2.24) is 14.4 Å². The second kappa shape index (κ2) is 2.21. The number of nitrogens with zero attached hydrogens (tertiary/aromatic N) is 3. The molecule has 5 heteroatoms. The van der Waals surface area contributed by atoms with Gasteiger partial charge in [0.25, 0.3) is 0 Å². The van der Waals surface area contributed by atoms with Crippen LogP contribution in [0.4, 0.5) is 5.95 Å². The Hall–Kier alpha value is -1.62. The van der Waals surface area contributed by atoms with Gasteiger partial charge in [-0.1, -0.05) is 0 Å². The molecule has 0 amide bonds. The molecule has 3 N–H and O–H groups in total. The van der Waals surface area contributed by atoms with Crippen LogP contribution in [0.3, 0.4) is 0 Å². The molecule has 2 aromatic rings. The number of nitrogens with one attached hydrogen (secondary N) is 1. The lowest BCUT2D eigenvalue weighted by Crippen LogP contribution is -2.10. The molecule has 2 aromatic heterocycles. The van der Waals surface area contributed by atoms with Crippen LogP contribution < -0.4 is 11.3 Å². The van der Waals surface area contributed by atoms with Crippen molar-refractivity contribution in [3.63, 3.8) is 0 Å². The van der Waals surface area contributed by atoms with Crippen LogP contribution in [0, 0.1) is 0 Å². The number of nitrogen functional groups attached to an aromatic ring is 1. The van der Waals surface area contributed by atoms with Crippen LogP contribution in [0.1, 0.15) is 0 Å². The predicted octanol–water partition coefficient (Wildman–Crippen LogP) is 0.0149. The topological polar surface area (TPSA) is 68.2 Å². The first-order chi connectivity index (χ1) is 5.42. The molecule has 0 unspecified atom stereocenters. The van der Waals surface area contributed by atoms with E-state index in [4.69, 9.17) is 5.84 Å². The van der Waals surface area contributed by atoms with Crippen molar-refractivity contribution in [2.24, 2.45) is 5.84 Å². The fourth-order valence-electron chi connectivity index (χ4n) is 0.945. The maximum absolute atomic E-state index is 5.20. The summed E-state index contributed by atoms with van der Waals surface area (Å²) < 4.78 is 1.76. The van der Waals surface area contributed by atoms with E-state index in [0.717, 1.165) is 5.65 Å². The van der Waals surface area contributed by atoms with Crippen LogP contribution in [0.2, 0.25) is 0 Å². The Balaban J connectivity index is 2.76. The average Bonchev–Trinajstić information content (AvgIpc) is 2.47. The summed E-state index contributed by atoms with van der Waals surface area (Å²) in [7, 11) is 0. The molecule has 0 fully saturated rings. The lowest BCUT2D eigenvalue weighted by molar-refractivity contribution is 1.08. The van der Waals surface area contributed by atoms with E-state index in [0.29, 0.717) is 5.95 Å². The molecule has 0 bridgehead atoms. The third kappa shape index (κ3) is 0.821. The third-order valence-electron chi connectivity index (χ3n) is 1.43. The van der Waals surface area contributed by atoms with Gasteiger partial charge >= 0.3 is 0 Å². The zero-order valence-corrected chi connectivity index (χ0v) is 5.73. The molecule has 0 aromatic carbocycles. The molecule has 56 valence electrons. The van der Waals surface area contributed by atoms with Crippen molar-refractivity contribution in [3.05, 3.63) is 24.7 Å². The molecule has 11 heavy (non-hydrogen) atoms. The Morgan fingerprint density at radius 2 is 2.36 bits per heavy atom. The van der Waals surface area contributed by atoms with Gasteiger partial charge in [-0.15, -0.1) is 0 Å². The molecular formula is C6H7N5. The van der Waals surface area contributed by atoms with Crippen molar-refractivity contribution < 1.29 is 0 Å². The molecule has 0 aliphatic heterocycles. The first-order valence-electron chi connectivity index (χ1n) is 3.16. The van der Waals surface area contributed by atoms with E-state index in [1.54, 1.807) is 16.8 Å². The van der Waals surface area contributed by atoms with Crippen LogP contribution in [0.5, 0.6) is 0 Å². The van der Waals surface area contributed by atoms with E-state index in [1.807, 2.05) is 12.3 Å². The van der Waals surface area contributed by atoms with E-state index >= 15 is 0 Å². The van der Waals surface area contributed by atoms with Gasteiger partial charge in [-0.05, 0) is 6.07 Å². The summed E-state index contributed by atoms with van der Waals surface area (Å²) in [6, 6.07) is 1.82.